The fourth-order valence-corrected chi connectivity index (χ4v) is 3.01. The Hall–Kier alpha value is -1.93. The van der Waals surface area contributed by atoms with Gasteiger partial charge in [0.1, 0.15) is 4.70 Å². The van der Waals surface area contributed by atoms with Crippen LogP contribution in [0.25, 0.3) is 16.3 Å². The van der Waals surface area contributed by atoms with Crippen LogP contribution in [0.1, 0.15) is 11.1 Å². The third kappa shape index (κ3) is 2.07. The van der Waals surface area contributed by atoms with Crippen LogP contribution in [0, 0.1) is 0 Å². The minimum Gasteiger partial charge on any atom is -0.184 e. The summed E-state index contributed by atoms with van der Waals surface area (Å²) in [6.45, 7) is 4.73. The molecule has 0 bridgehead atoms. The molecule has 1 nitrogen and oxygen atoms in total. The molecule has 2 heteroatoms. The molecular formula is C16H14NS+. The van der Waals surface area contributed by atoms with E-state index in [1.807, 2.05) is 6.08 Å². The van der Waals surface area contributed by atoms with Crippen molar-refractivity contribution >= 4 is 27.6 Å². The molecule has 18 heavy (non-hydrogen) atoms. The zero-order valence-corrected chi connectivity index (χ0v) is 10.9. The van der Waals surface area contributed by atoms with Crippen molar-refractivity contribution in [1.82, 2.24) is 0 Å². The monoisotopic (exact) mass is 252 g/mol. The van der Waals surface area contributed by atoms with E-state index in [0.29, 0.717) is 0 Å². The van der Waals surface area contributed by atoms with Gasteiger partial charge in [-0.05, 0) is 17.7 Å². The average Bonchev–Trinajstić information content (AvgIpc) is 2.82. The van der Waals surface area contributed by atoms with Crippen LogP contribution in [0.2, 0.25) is 0 Å². The molecule has 0 amide bonds. The Morgan fingerprint density at radius 1 is 1.11 bits per heavy atom. The Morgan fingerprint density at radius 3 is 2.72 bits per heavy atom. The summed E-state index contributed by atoms with van der Waals surface area (Å²) < 4.78 is 3.60. The SMILES string of the molecule is C=Cc1ccc2c(c1)sc[n+]2Cc1ccccc1. The van der Waals surface area contributed by atoms with Gasteiger partial charge < -0.3 is 0 Å². The molecule has 0 saturated carbocycles. The van der Waals surface area contributed by atoms with E-state index >= 15 is 0 Å². The zero-order chi connectivity index (χ0) is 12.4. The molecule has 1 heterocycles. The van der Waals surface area contributed by atoms with Gasteiger partial charge in [-0.25, -0.2) is 0 Å². The summed E-state index contributed by atoms with van der Waals surface area (Å²) in [7, 11) is 0. The first-order chi connectivity index (χ1) is 8.86. The molecule has 0 fully saturated rings. The average molecular weight is 252 g/mol. The second-order valence-electron chi connectivity index (χ2n) is 4.27. The van der Waals surface area contributed by atoms with Crippen molar-refractivity contribution in [2.45, 2.75) is 6.54 Å². The van der Waals surface area contributed by atoms with Gasteiger partial charge in [0.15, 0.2) is 6.54 Å². The van der Waals surface area contributed by atoms with Crippen molar-refractivity contribution in [2.75, 3.05) is 0 Å². The van der Waals surface area contributed by atoms with E-state index in [9.17, 15) is 0 Å². The van der Waals surface area contributed by atoms with Crippen molar-refractivity contribution in [2.24, 2.45) is 0 Å². The molecule has 0 aliphatic rings. The van der Waals surface area contributed by atoms with Crippen molar-refractivity contribution in [3.8, 4) is 0 Å². The quantitative estimate of drug-likeness (QED) is 0.623. The van der Waals surface area contributed by atoms with E-state index in [1.165, 1.54) is 21.3 Å². The summed E-state index contributed by atoms with van der Waals surface area (Å²) in [5.41, 5.74) is 5.98. The smallest absolute Gasteiger partial charge is 0.184 e. The highest BCUT2D eigenvalue weighted by Crippen LogP contribution is 2.19. The minimum atomic E-state index is 0.925. The van der Waals surface area contributed by atoms with Gasteiger partial charge in [0.2, 0.25) is 11.0 Å². The van der Waals surface area contributed by atoms with E-state index in [1.54, 1.807) is 11.3 Å². The zero-order valence-electron chi connectivity index (χ0n) is 10.0. The molecule has 88 valence electrons. The number of nitrogens with zero attached hydrogens (tertiary/aromatic N) is 1. The minimum absolute atomic E-state index is 0.925. The van der Waals surface area contributed by atoms with Gasteiger partial charge in [0, 0.05) is 11.6 Å². The summed E-state index contributed by atoms with van der Waals surface area (Å²) in [6.07, 6.45) is 1.89. The third-order valence-electron chi connectivity index (χ3n) is 3.03. The molecule has 1 aromatic heterocycles. The summed E-state index contributed by atoms with van der Waals surface area (Å²) in [5.74, 6) is 0. The number of aromatic nitrogens is 1. The number of rotatable bonds is 3. The highest BCUT2D eigenvalue weighted by Gasteiger charge is 2.11. The van der Waals surface area contributed by atoms with Gasteiger partial charge in [0.25, 0.3) is 0 Å². The second kappa shape index (κ2) is 4.75. The first-order valence-electron chi connectivity index (χ1n) is 5.94. The molecule has 0 N–H and O–H groups in total. The summed E-state index contributed by atoms with van der Waals surface area (Å²) >= 11 is 1.78. The second-order valence-corrected chi connectivity index (χ2v) is 5.15. The topological polar surface area (TPSA) is 3.88 Å². The van der Waals surface area contributed by atoms with E-state index in [0.717, 1.165) is 6.54 Å². The maximum absolute atomic E-state index is 3.81. The number of thiazole rings is 1. The largest absolute Gasteiger partial charge is 0.226 e. The Balaban J connectivity index is 2.00. The Labute approximate surface area is 111 Å². The van der Waals surface area contributed by atoms with Gasteiger partial charge in [0.05, 0.1) is 0 Å². The summed E-state index contributed by atoms with van der Waals surface area (Å²) in [6, 6.07) is 17.0. The standard InChI is InChI=1S/C16H14NS/c1-2-13-8-9-15-16(10-13)18-12-17(15)11-14-6-4-3-5-7-14/h2-10,12H,1,11H2/q+1. The van der Waals surface area contributed by atoms with Crippen LogP contribution in [-0.4, -0.2) is 0 Å². The lowest BCUT2D eigenvalue weighted by atomic mass is 10.2. The molecular weight excluding hydrogens is 238 g/mol. The van der Waals surface area contributed by atoms with Crippen LogP contribution >= 0.6 is 11.3 Å². The predicted molar refractivity (Wildman–Crippen MR) is 77.7 cm³/mol. The predicted octanol–water partition coefficient (Wildman–Crippen LogP) is 3.88. The van der Waals surface area contributed by atoms with Crippen LogP contribution in [0.3, 0.4) is 0 Å². The van der Waals surface area contributed by atoms with Gasteiger partial charge in [-0.1, -0.05) is 54.3 Å². The molecule has 0 radical (unpaired) electrons. The third-order valence-corrected chi connectivity index (χ3v) is 3.97. The lowest BCUT2D eigenvalue weighted by Crippen LogP contribution is -2.31. The van der Waals surface area contributed by atoms with Crippen molar-refractivity contribution < 1.29 is 4.57 Å². The summed E-state index contributed by atoms with van der Waals surface area (Å²) in [5, 5.41) is 0. The molecule has 0 unspecified atom stereocenters. The maximum atomic E-state index is 3.81. The normalized spacial score (nSPS) is 10.7. The first-order valence-corrected chi connectivity index (χ1v) is 6.82. The number of fused-ring (bicyclic) bond motifs is 1. The van der Waals surface area contributed by atoms with Crippen molar-refractivity contribution in [3.63, 3.8) is 0 Å². The van der Waals surface area contributed by atoms with Gasteiger partial charge in [-0.2, -0.15) is 4.57 Å². The maximum Gasteiger partial charge on any atom is 0.226 e. The van der Waals surface area contributed by atoms with Crippen LogP contribution in [-0.2, 0) is 6.54 Å². The van der Waals surface area contributed by atoms with Gasteiger partial charge >= 0.3 is 0 Å². The van der Waals surface area contributed by atoms with E-state index in [-0.39, 0.29) is 0 Å². The molecule has 2 aromatic carbocycles. The van der Waals surface area contributed by atoms with Crippen molar-refractivity contribution in [3.05, 3.63) is 71.7 Å². The molecule has 0 atom stereocenters. The van der Waals surface area contributed by atoms with E-state index in [4.69, 9.17) is 0 Å². The molecule has 0 saturated heterocycles. The highest BCUT2D eigenvalue weighted by atomic mass is 32.1. The molecule has 3 rings (SSSR count). The lowest BCUT2D eigenvalue weighted by molar-refractivity contribution is -0.658. The Kier molecular flexibility index (Phi) is 2.95. The fourth-order valence-electron chi connectivity index (χ4n) is 2.07. The van der Waals surface area contributed by atoms with Crippen LogP contribution in [0.15, 0.2) is 60.6 Å². The van der Waals surface area contributed by atoms with Crippen LogP contribution in [0.4, 0.5) is 0 Å². The molecule has 0 aliphatic heterocycles. The summed E-state index contributed by atoms with van der Waals surface area (Å²) in [4.78, 5) is 0. The fraction of sp³-hybridized carbons (Fsp3) is 0.0625. The van der Waals surface area contributed by atoms with E-state index in [2.05, 4.69) is 65.2 Å². The van der Waals surface area contributed by atoms with Gasteiger partial charge in [-0.3, -0.25) is 0 Å². The van der Waals surface area contributed by atoms with Crippen LogP contribution in [0.5, 0.6) is 0 Å². The van der Waals surface area contributed by atoms with Gasteiger partial charge in [-0.15, -0.1) is 0 Å². The molecule has 0 aliphatic carbocycles. The van der Waals surface area contributed by atoms with Crippen LogP contribution < -0.4 is 4.57 Å². The first kappa shape index (κ1) is 11.2. The number of hydrogen-bond donors (Lipinski definition) is 0. The number of benzene rings is 2. The Morgan fingerprint density at radius 2 is 1.94 bits per heavy atom. The van der Waals surface area contributed by atoms with E-state index < -0.39 is 0 Å². The molecule has 0 spiro atoms. The number of hydrogen-bond acceptors (Lipinski definition) is 1. The lowest BCUT2D eigenvalue weighted by Gasteiger charge is -1.96. The Bertz CT molecular complexity index is 683. The highest BCUT2D eigenvalue weighted by molar-refractivity contribution is 7.16. The molecule has 3 aromatic rings. The van der Waals surface area contributed by atoms with Crippen molar-refractivity contribution in [1.29, 1.82) is 0 Å².